The van der Waals surface area contributed by atoms with Crippen LogP contribution in [-0.2, 0) is 6.54 Å². The minimum atomic E-state index is -0.295. The van der Waals surface area contributed by atoms with Crippen LogP contribution >= 0.6 is 0 Å². The van der Waals surface area contributed by atoms with Gasteiger partial charge in [0.2, 0.25) is 0 Å². The van der Waals surface area contributed by atoms with E-state index in [0.717, 1.165) is 31.6 Å². The van der Waals surface area contributed by atoms with Crippen LogP contribution in [0.1, 0.15) is 45.6 Å². The SMILES string of the molecule is CCCNc1ccc(CN2CCCC2(C)C)cc1[N+](=O)[O-]. The lowest BCUT2D eigenvalue weighted by Gasteiger charge is -2.31. The van der Waals surface area contributed by atoms with Crippen molar-refractivity contribution >= 4 is 11.4 Å². The number of likely N-dealkylation sites (tertiary alicyclic amines) is 1. The van der Waals surface area contributed by atoms with E-state index in [9.17, 15) is 10.1 Å². The summed E-state index contributed by atoms with van der Waals surface area (Å²) in [6, 6.07) is 5.55. The van der Waals surface area contributed by atoms with Crippen molar-refractivity contribution in [3.8, 4) is 0 Å². The molecule has 1 saturated heterocycles. The molecule has 2 rings (SSSR count). The van der Waals surface area contributed by atoms with E-state index in [1.54, 1.807) is 6.07 Å². The molecule has 21 heavy (non-hydrogen) atoms. The first-order valence-electron chi connectivity index (χ1n) is 7.70. The summed E-state index contributed by atoms with van der Waals surface area (Å²) >= 11 is 0. The maximum Gasteiger partial charge on any atom is 0.292 e. The minimum Gasteiger partial charge on any atom is -0.380 e. The Kier molecular flexibility index (Phi) is 4.83. The average Bonchev–Trinajstić information content (AvgIpc) is 2.76. The van der Waals surface area contributed by atoms with Gasteiger partial charge in [-0.15, -0.1) is 0 Å². The van der Waals surface area contributed by atoms with Gasteiger partial charge in [-0.1, -0.05) is 13.0 Å². The van der Waals surface area contributed by atoms with E-state index in [0.29, 0.717) is 5.69 Å². The fraction of sp³-hybridized carbons (Fsp3) is 0.625. The van der Waals surface area contributed by atoms with Crippen molar-refractivity contribution in [3.05, 3.63) is 33.9 Å². The van der Waals surface area contributed by atoms with Gasteiger partial charge >= 0.3 is 0 Å². The second-order valence-electron chi connectivity index (χ2n) is 6.37. The molecule has 5 heteroatoms. The van der Waals surface area contributed by atoms with Gasteiger partial charge in [-0.2, -0.15) is 0 Å². The number of nitro benzene ring substituents is 1. The van der Waals surface area contributed by atoms with Gasteiger partial charge < -0.3 is 5.32 Å². The zero-order valence-corrected chi connectivity index (χ0v) is 13.2. The molecule has 0 radical (unpaired) electrons. The van der Waals surface area contributed by atoms with E-state index in [4.69, 9.17) is 0 Å². The van der Waals surface area contributed by atoms with Crippen LogP contribution in [0, 0.1) is 10.1 Å². The van der Waals surface area contributed by atoms with Crippen molar-refractivity contribution in [2.45, 2.75) is 52.1 Å². The summed E-state index contributed by atoms with van der Waals surface area (Å²) in [5, 5.41) is 14.4. The van der Waals surface area contributed by atoms with Crippen LogP contribution in [0.2, 0.25) is 0 Å². The molecule has 0 bridgehead atoms. The Morgan fingerprint density at radius 2 is 2.19 bits per heavy atom. The van der Waals surface area contributed by atoms with Gasteiger partial charge in [0.05, 0.1) is 4.92 Å². The van der Waals surface area contributed by atoms with E-state index in [1.807, 2.05) is 19.1 Å². The van der Waals surface area contributed by atoms with Crippen molar-refractivity contribution in [2.75, 3.05) is 18.4 Å². The maximum atomic E-state index is 11.3. The third kappa shape index (κ3) is 3.73. The Morgan fingerprint density at radius 1 is 1.43 bits per heavy atom. The first kappa shape index (κ1) is 15.8. The number of hydrogen-bond donors (Lipinski definition) is 1. The highest BCUT2D eigenvalue weighted by Crippen LogP contribution is 2.32. The number of nitrogens with one attached hydrogen (secondary N) is 1. The average molecular weight is 291 g/mol. The smallest absolute Gasteiger partial charge is 0.292 e. The highest BCUT2D eigenvalue weighted by atomic mass is 16.6. The van der Waals surface area contributed by atoms with E-state index >= 15 is 0 Å². The quantitative estimate of drug-likeness (QED) is 0.640. The van der Waals surface area contributed by atoms with Crippen LogP contribution in [0.5, 0.6) is 0 Å². The van der Waals surface area contributed by atoms with Gasteiger partial charge in [-0.3, -0.25) is 15.0 Å². The fourth-order valence-corrected chi connectivity index (χ4v) is 2.91. The Labute approximate surface area is 126 Å². The van der Waals surface area contributed by atoms with E-state index < -0.39 is 0 Å². The van der Waals surface area contributed by atoms with Crippen molar-refractivity contribution in [1.29, 1.82) is 0 Å². The lowest BCUT2D eigenvalue weighted by Crippen LogP contribution is -2.37. The third-order valence-electron chi connectivity index (χ3n) is 4.27. The maximum absolute atomic E-state index is 11.3. The standard InChI is InChI=1S/C16H25N3O2/c1-4-9-17-14-7-6-13(11-15(14)19(20)21)12-18-10-5-8-16(18,2)3/h6-7,11,17H,4-5,8-10,12H2,1-3H3. The van der Waals surface area contributed by atoms with Gasteiger partial charge in [0.1, 0.15) is 5.69 Å². The van der Waals surface area contributed by atoms with Crippen LogP contribution < -0.4 is 5.32 Å². The summed E-state index contributed by atoms with van der Waals surface area (Å²) in [5.41, 5.74) is 2.00. The summed E-state index contributed by atoms with van der Waals surface area (Å²) in [6.07, 6.45) is 3.33. The predicted octanol–water partition coefficient (Wildman–Crippen LogP) is 3.79. The Balaban J connectivity index is 2.17. The van der Waals surface area contributed by atoms with Gasteiger partial charge in [0.25, 0.3) is 5.69 Å². The second kappa shape index (κ2) is 6.43. The highest BCUT2D eigenvalue weighted by Gasteiger charge is 2.31. The molecule has 1 N–H and O–H groups in total. The summed E-state index contributed by atoms with van der Waals surface area (Å²) in [7, 11) is 0. The van der Waals surface area contributed by atoms with Gasteiger partial charge in [0.15, 0.2) is 0 Å². The van der Waals surface area contributed by atoms with E-state index in [2.05, 4.69) is 24.1 Å². The minimum absolute atomic E-state index is 0.179. The van der Waals surface area contributed by atoms with Crippen molar-refractivity contribution < 1.29 is 4.92 Å². The monoisotopic (exact) mass is 291 g/mol. The Hall–Kier alpha value is -1.62. The summed E-state index contributed by atoms with van der Waals surface area (Å²) in [5.74, 6) is 0. The molecule has 0 atom stereocenters. The molecule has 1 fully saturated rings. The topological polar surface area (TPSA) is 58.4 Å². The number of nitro groups is 1. The predicted molar refractivity (Wildman–Crippen MR) is 85.6 cm³/mol. The lowest BCUT2D eigenvalue weighted by atomic mass is 10.0. The molecule has 5 nitrogen and oxygen atoms in total. The first-order valence-corrected chi connectivity index (χ1v) is 7.70. The van der Waals surface area contributed by atoms with Crippen LogP contribution in [-0.4, -0.2) is 28.5 Å². The van der Waals surface area contributed by atoms with Gasteiger partial charge in [0, 0.05) is 24.7 Å². The molecule has 0 amide bonds. The van der Waals surface area contributed by atoms with Gasteiger partial charge in [-0.25, -0.2) is 0 Å². The molecular weight excluding hydrogens is 266 g/mol. The molecule has 1 heterocycles. The molecule has 1 aliphatic heterocycles. The largest absolute Gasteiger partial charge is 0.380 e. The number of hydrogen-bond acceptors (Lipinski definition) is 4. The van der Waals surface area contributed by atoms with Crippen LogP contribution in [0.25, 0.3) is 0 Å². The van der Waals surface area contributed by atoms with Crippen LogP contribution in [0.15, 0.2) is 18.2 Å². The lowest BCUT2D eigenvalue weighted by molar-refractivity contribution is -0.384. The molecule has 0 saturated carbocycles. The van der Waals surface area contributed by atoms with Crippen LogP contribution in [0.3, 0.4) is 0 Å². The zero-order chi connectivity index (χ0) is 15.5. The molecular formula is C16H25N3O2. The number of nitrogens with zero attached hydrogens (tertiary/aromatic N) is 2. The molecule has 0 aliphatic carbocycles. The summed E-state index contributed by atoms with van der Waals surface area (Å²) in [4.78, 5) is 13.4. The number of benzene rings is 1. The van der Waals surface area contributed by atoms with Crippen LogP contribution in [0.4, 0.5) is 11.4 Å². The zero-order valence-electron chi connectivity index (χ0n) is 13.2. The molecule has 1 aliphatic rings. The Bertz CT molecular complexity index is 514. The van der Waals surface area contributed by atoms with E-state index in [1.165, 1.54) is 12.8 Å². The molecule has 0 spiro atoms. The number of rotatable bonds is 6. The molecule has 116 valence electrons. The van der Waals surface area contributed by atoms with Gasteiger partial charge in [-0.05, 0) is 51.3 Å². The molecule has 0 unspecified atom stereocenters. The number of anilines is 1. The molecule has 1 aromatic rings. The third-order valence-corrected chi connectivity index (χ3v) is 4.27. The van der Waals surface area contributed by atoms with Crippen molar-refractivity contribution in [1.82, 2.24) is 4.90 Å². The first-order chi connectivity index (χ1) is 9.94. The second-order valence-corrected chi connectivity index (χ2v) is 6.37. The molecule has 0 aromatic heterocycles. The summed E-state index contributed by atoms with van der Waals surface area (Å²) in [6.45, 7) is 9.12. The van der Waals surface area contributed by atoms with Crippen molar-refractivity contribution in [2.24, 2.45) is 0 Å². The van der Waals surface area contributed by atoms with E-state index in [-0.39, 0.29) is 16.1 Å². The van der Waals surface area contributed by atoms with Crippen molar-refractivity contribution in [3.63, 3.8) is 0 Å². The molecule has 1 aromatic carbocycles. The Morgan fingerprint density at radius 3 is 2.76 bits per heavy atom. The normalized spacial score (nSPS) is 17.9. The highest BCUT2D eigenvalue weighted by molar-refractivity contribution is 5.62. The fourth-order valence-electron chi connectivity index (χ4n) is 2.91. The summed E-state index contributed by atoms with van der Waals surface area (Å²) < 4.78 is 0.